The van der Waals surface area contributed by atoms with Crippen LogP contribution in [0, 0.1) is 12.7 Å². The second kappa shape index (κ2) is 8.06. The Morgan fingerprint density at radius 2 is 1.74 bits per heavy atom. The van der Waals surface area contributed by atoms with Crippen molar-refractivity contribution in [3.8, 4) is 0 Å². The molecule has 27 heavy (non-hydrogen) atoms. The smallest absolute Gasteiger partial charge is 0.317 e. The molecule has 0 radical (unpaired) electrons. The van der Waals surface area contributed by atoms with Crippen LogP contribution in [0.5, 0.6) is 0 Å². The topological polar surface area (TPSA) is 69.7 Å². The van der Waals surface area contributed by atoms with E-state index in [4.69, 9.17) is 0 Å². The van der Waals surface area contributed by atoms with Crippen LogP contribution in [0.4, 0.5) is 9.18 Å². The number of rotatable bonds is 4. The van der Waals surface area contributed by atoms with Crippen LogP contribution in [0.3, 0.4) is 0 Å². The first-order valence-electron chi connectivity index (χ1n) is 8.70. The molecule has 0 bridgehead atoms. The number of halogens is 1. The summed E-state index contributed by atoms with van der Waals surface area (Å²) in [4.78, 5) is 14.1. The number of nitrogens with one attached hydrogen (secondary N) is 1. The largest absolute Gasteiger partial charge is 0.334 e. The average Bonchev–Trinajstić information content (AvgIpc) is 2.66. The van der Waals surface area contributed by atoms with E-state index in [-0.39, 0.29) is 36.4 Å². The van der Waals surface area contributed by atoms with Gasteiger partial charge < -0.3 is 10.2 Å². The van der Waals surface area contributed by atoms with Gasteiger partial charge in [0.05, 0.1) is 4.90 Å². The van der Waals surface area contributed by atoms with Gasteiger partial charge in [0, 0.05) is 32.7 Å². The Bertz CT molecular complexity index is 908. The minimum atomic E-state index is -3.55. The fourth-order valence-corrected chi connectivity index (χ4v) is 4.35. The Hall–Kier alpha value is -2.45. The number of nitrogens with zero attached hydrogens (tertiary/aromatic N) is 2. The summed E-state index contributed by atoms with van der Waals surface area (Å²) in [6.45, 7) is 3.21. The Morgan fingerprint density at radius 3 is 2.37 bits per heavy atom. The molecule has 144 valence electrons. The van der Waals surface area contributed by atoms with Gasteiger partial charge in [0.15, 0.2) is 0 Å². The van der Waals surface area contributed by atoms with Crippen molar-refractivity contribution in [2.24, 2.45) is 0 Å². The van der Waals surface area contributed by atoms with E-state index in [0.29, 0.717) is 18.7 Å². The molecular weight excluding hydrogens is 369 g/mol. The van der Waals surface area contributed by atoms with Crippen LogP contribution in [0.15, 0.2) is 53.4 Å². The van der Waals surface area contributed by atoms with Crippen molar-refractivity contribution >= 4 is 16.1 Å². The van der Waals surface area contributed by atoms with Gasteiger partial charge in [0.2, 0.25) is 10.0 Å². The highest BCUT2D eigenvalue weighted by Crippen LogP contribution is 2.18. The monoisotopic (exact) mass is 391 g/mol. The summed E-state index contributed by atoms with van der Waals surface area (Å²) < 4.78 is 40.0. The second-order valence-corrected chi connectivity index (χ2v) is 8.43. The molecule has 0 unspecified atom stereocenters. The number of hydrogen-bond acceptors (Lipinski definition) is 3. The number of carbonyl (C=O) groups is 1. The number of aryl methyl sites for hydroxylation is 1. The summed E-state index contributed by atoms with van der Waals surface area (Å²) in [5.41, 5.74) is 1.66. The summed E-state index contributed by atoms with van der Waals surface area (Å²) in [6, 6.07) is 12.5. The van der Waals surface area contributed by atoms with Gasteiger partial charge in [-0.15, -0.1) is 0 Å². The fraction of sp³-hybridized carbons (Fsp3) is 0.316. The third-order valence-corrected chi connectivity index (χ3v) is 6.43. The number of benzene rings is 2. The van der Waals surface area contributed by atoms with E-state index in [2.05, 4.69) is 5.32 Å². The number of hydrogen-bond donors (Lipinski definition) is 1. The van der Waals surface area contributed by atoms with E-state index < -0.39 is 10.0 Å². The lowest BCUT2D eigenvalue weighted by atomic mass is 10.2. The van der Waals surface area contributed by atoms with Gasteiger partial charge in [-0.05, 0) is 36.8 Å². The highest BCUT2D eigenvalue weighted by molar-refractivity contribution is 7.89. The maximum Gasteiger partial charge on any atom is 0.317 e. The lowest BCUT2D eigenvalue weighted by molar-refractivity contribution is 0.172. The molecule has 0 aromatic heterocycles. The molecule has 1 fully saturated rings. The first-order chi connectivity index (χ1) is 12.9. The lowest BCUT2D eigenvalue weighted by Crippen LogP contribution is -2.52. The summed E-state index contributed by atoms with van der Waals surface area (Å²) in [5.74, 6) is -0.350. The van der Waals surface area contributed by atoms with Crippen LogP contribution in [0.25, 0.3) is 0 Å². The van der Waals surface area contributed by atoms with Gasteiger partial charge in [-0.3, -0.25) is 0 Å². The molecule has 8 heteroatoms. The van der Waals surface area contributed by atoms with Crippen molar-refractivity contribution in [1.82, 2.24) is 14.5 Å². The number of carbonyl (C=O) groups excluding carboxylic acids is 1. The molecule has 1 aliphatic heterocycles. The maximum absolute atomic E-state index is 13.2. The van der Waals surface area contributed by atoms with Crippen LogP contribution < -0.4 is 5.32 Å². The zero-order valence-corrected chi connectivity index (χ0v) is 15.9. The van der Waals surface area contributed by atoms with Crippen molar-refractivity contribution in [3.05, 3.63) is 65.5 Å². The Balaban J connectivity index is 1.55. The van der Waals surface area contributed by atoms with Crippen LogP contribution in [0.1, 0.15) is 11.1 Å². The minimum Gasteiger partial charge on any atom is -0.334 e. The molecule has 2 amide bonds. The first kappa shape index (κ1) is 19.3. The fourth-order valence-electron chi connectivity index (χ4n) is 2.93. The van der Waals surface area contributed by atoms with Crippen molar-refractivity contribution in [2.45, 2.75) is 18.4 Å². The Labute approximate surface area is 158 Å². The highest BCUT2D eigenvalue weighted by Gasteiger charge is 2.29. The van der Waals surface area contributed by atoms with Crippen LogP contribution >= 0.6 is 0 Å². The number of urea groups is 1. The van der Waals surface area contributed by atoms with E-state index in [1.54, 1.807) is 41.3 Å². The lowest BCUT2D eigenvalue weighted by Gasteiger charge is -2.34. The van der Waals surface area contributed by atoms with Gasteiger partial charge in [-0.2, -0.15) is 4.31 Å². The van der Waals surface area contributed by atoms with E-state index >= 15 is 0 Å². The van der Waals surface area contributed by atoms with E-state index in [1.807, 2.05) is 6.92 Å². The van der Waals surface area contributed by atoms with Gasteiger partial charge >= 0.3 is 6.03 Å². The predicted molar refractivity (Wildman–Crippen MR) is 100 cm³/mol. The van der Waals surface area contributed by atoms with Crippen LogP contribution in [0.2, 0.25) is 0 Å². The molecule has 2 aromatic carbocycles. The predicted octanol–water partition coefficient (Wildman–Crippen LogP) is 2.35. The summed E-state index contributed by atoms with van der Waals surface area (Å²) in [6.07, 6.45) is 0. The third-order valence-electron chi connectivity index (χ3n) is 4.52. The zero-order chi connectivity index (χ0) is 19.4. The molecular formula is C19H22FN3O3S. The SMILES string of the molecule is Cc1ccc(S(=O)(=O)N2CCN(C(=O)NCc3cccc(F)c3)CC2)cc1. The normalized spacial score (nSPS) is 15.6. The number of piperazine rings is 1. The summed E-state index contributed by atoms with van der Waals surface area (Å²) in [5, 5.41) is 2.74. The minimum absolute atomic E-state index is 0.221. The molecule has 2 aromatic rings. The van der Waals surface area contributed by atoms with E-state index in [1.165, 1.54) is 16.4 Å². The molecule has 1 heterocycles. The van der Waals surface area contributed by atoms with Crippen molar-refractivity contribution in [2.75, 3.05) is 26.2 Å². The number of sulfonamides is 1. The Morgan fingerprint density at radius 1 is 1.07 bits per heavy atom. The Kier molecular flexibility index (Phi) is 5.76. The van der Waals surface area contributed by atoms with Gasteiger partial charge in [0.1, 0.15) is 5.82 Å². The molecule has 0 aliphatic carbocycles. The summed E-state index contributed by atoms with van der Waals surface area (Å²) >= 11 is 0. The molecule has 1 N–H and O–H groups in total. The first-order valence-corrected chi connectivity index (χ1v) is 10.1. The number of amides is 2. The molecule has 1 aliphatic rings. The van der Waals surface area contributed by atoms with Gasteiger partial charge in [0.25, 0.3) is 0 Å². The second-order valence-electron chi connectivity index (χ2n) is 6.49. The molecule has 1 saturated heterocycles. The highest BCUT2D eigenvalue weighted by atomic mass is 32.2. The molecule has 0 saturated carbocycles. The quantitative estimate of drug-likeness (QED) is 0.870. The summed E-state index contributed by atoms with van der Waals surface area (Å²) in [7, 11) is -3.55. The van der Waals surface area contributed by atoms with Gasteiger partial charge in [-0.25, -0.2) is 17.6 Å². The standard InChI is InChI=1S/C19H22FN3O3S/c1-15-5-7-18(8-6-15)27(25,26)23-11-9-22(10-12-23)19(24)21-14-16-3-2-4-17(20)13-16/h2-8,13H,9-12,14H2,1H3,(H,21,24). The molecule has 0 spiro atoms. The van der Waals surface area contributed by atoms with Crippen molar-refractivity contribution in [1.29, 1.82) is 0 Å². The van der Waals surface area contributed by atoms with E-state index in [0.717, 1.165) is 5.56 Å². The molecule has 0 atom stereocenters. The van der Waals surface area contributed by atoms with Crippen LogP contribution in [-0.2, 0) is 16.6 Å². The molecule has 3 rings (SSSR count). The maximum atomic E-state index is 13.2. The zero-order valence-electron chi connectivity index (χ0n) is 15.1. The van der Waals surface area contributed by atoms with Crippen LogP contribution in [-0.4, -0.2) is 49.8 Å². The van der Waals surface area contributed by atoms with Crippen molar-refractivity contribution < 1.29 is 17.6 Å². The van der Waals surface area contributed by atoms with E-state index in [9.17, 15) is 17.6 Å². The average molecular weight is 391 g/mol. The third kappa shape index (κ3) is 4.64. The van der Waals surface area contributed by atoms with Gasteiger partial charge in [-0.1, -0.05) is 29.8 Å². The molecule has 6 nitrogen and oxygen atoms in total. The van der Waals surface area contributed by atoms with Crippen molar-refractivity contribution in [3.63, 3.8) is 0 Å².